The van der Waals surface area contributed by atoms with Gasteiger partial charge < -0.3 is 10.4 Å². The largest absolute Gasteiger partial charge is 0.490 e. The summed E-state index contributed by atoms with van der Waals surface area (Å²) in [5.41, 5.74) is 3.45. The Hall–Kier alpha value is -3.08. The first-order valence-corrected chi connectivity index (χ1v) is 12.8. The molecule has 2 aromatic rings. The van der Waals surface area contributed by atoms with Crippen LogP contribution in [-0.4, -0.2) is 37.6 Å². The Kier molecular flexibility index (Phi) is 8.82. The molecular formula is C25H31F3N2O5S. The van der Waals surface area contributed by atoms with Crippen molar-refractivity contribution in [2.45, 2.75) is 76.4 Å². The zero-order valence-electron chi connectivity index (χ0n) is 20.8. The van der Waals surface area contributed by atoms with Crippen LogP contribution in [0.4, 0.5) is 18.9 Å². The highest BCUT2D eigenvalue weighted by atomic mass is 32.2. The smallest absolute Gasteiger partial charge is 0.475 e. The van der Waals surface area contributed by atoms with Crippen LogP contribution in [0.3, 0.4) is 0 Å². The van der Waals surface area contributed by atoms with Crippen molar-refractivity contribution in [1.29, 1.82) is 0 Å². The van der Waals surface area contributed by atoms with Crippen LogP contribution in [0.2, 0.25) is 0 Å². The van der Waals surface area contributed by atoms with Gasteiger partial charge in [0.15, 0.2) is 0 Å². The molecule has 1 aliphatic carbocycles. The van der Waals surface area contributed by atoms with Gasteiger partial charge in [0, 0.05) is 11.7 Å². The van der Waals surface area contributed by atoms with Crippen molar-refractivity contribution < 1.29 is 36.3 Å². The van der Waals surface area contributed by atoms with Gasteiger partial charge in [-0.3, -0.25) is 9.52 Å². The highest BCUT2D eigenvalue weighted by molar-refractivity contribution is 7.92. The molecule has 0 spiro atoms. The Balaban J connectivity index is 0.000000572. The third-order valence-electron chi connectivity index (χ3n) is 5.98. The fourth-order valence-electron chi connectivity index (χ4n) is 3.89. The molecule has 198 valence electrons. The Morgan fingerprint density at radius 2 is 1.53 bits per heavy atom. The number of nitrogens with one attached hydrogen (secondary N) is 2. The van der Waals surface area contributed by atoms with E-state index in [4.69, 9.17) is 9.90 Å². The lowest BCUT2D eigenvalue weighted by molar-refractivity contribution is -0.192. The molecule has 0 radical (unpaired) electrons. The van der Waals surface area contributed by atoms with Gasteiger partial charge in [-0.1, -0.05) is 36.8 Å². The van der Waals surface area contributed by atoms with Gasteiger partial charge in [0.25, 0.3) is 10.0 Å². The average molecular weight is 529 g/mol. The number of anilines is 1. The van der Waals surface area contributed by atoms with E-state index in [1.165, 1.54) is 0 Å². The molecule has 36 heavy (non-hydrogen) atoms. The van der Waals surface area contributed by atoms with Gasteiger partial charge in [0.2, 0.25) is 5.91 Å². The molecule has 2 aromatic carbocycles. The summed E-state index contributed by atoms with van der Waals surface area (Å²) in [6.45, 7) is 9.62. The SMILES string of the molecule is CCC(C)NC(=O)C1(c2ccc(NS(=O)(=O)c3c(C)cc(C)cc3C)cc2)CC1.O=C(O)C(F)(F)F. The van der Waals surface area contributed by atoms with Gasteiger partial charge in [-0.25, -0.2) is 13.2 Å². The summed E-state index contributed by atoms with van der Waals surface area (Å²) in [5, 5.41) is 10.2. The van der Waals surface area contributed by atoms with E-state index >= 15 is 0 Å². The third kappa shape index (κ3) is 6.99. The number of carboxylic acids is 1. The van der Waals surface area contributed by atoms with E-state index in [0.29, 0.717) is 10.6 Å². The molecule has 3 N–H and O–H groups in total. The van der Waals surface area contributed by atoms with Crippen molar-refractivity contribution >= 4 is 27.6 Å². The van der Waals surface area contributed by atoms with Crippen molar-refractivity contribution in [1.82, 2.24) is 5.32 Å². The van der Waals surface area contributed by atoms with Crippen molar-refractivity contribution in [3.8, 4) is 0 Å². The van der Waals surface area contributed by atoms with E-state index in [-0.39, 0.29) is 11.9 Å². The zero-order chi connectivity index (χ0) is 27.5. The molecule has 0 saturated heterocycles. The van der Waals surface area contributed by atoms with E-state index in [1.54, 1.807) is 12.1 Å². The summed E-state index contributed by atoms with van der Waals surface area (Å²) in [7, 11) is -3.69. The van der Waals surface area contributed by atoms with Crippen LogP contribution in [0.5, 0.6) is 0 Å². The highest BCUT2D eigenvalue weighted by Gasteiger charge is 2.51. The first-order chi connectivity index (χ1) is 16.5. The maximum absolute atomic E-state index is 12.9. The minimum Gasteiger partial charge on any atom is -0.475 e. The number of hydrogen-bond donors (Lipinski definition) is 3. The van der Waals surface area contributed by atoms with Crippen molar-refractivity contribution in [2.75, 3.05) is 4.72 Å². The fourth-order valence-corrected chi connectivity index (χ4v) is 5.40. The summed E-state index contributed by atoms with van der Waals surface area (Å²) in [6, 6.07) is 11.1. The number of carbonyl (C=O) groups excluding carboxylic acids is 1. The molecule has 1 unspecified atom stereocenters. The van der Waals surface area contributed by atoms with Gasteiger partial charge in [0.1, 0.15) is 0 Å². The summed E-state index contributed by atoms with van der Waals surface area (Å²) in [5.74, 6) is -2.70. The maximum Gasteiger partial charge on any atom is 0.490 e. The number of benzene rings is 2. The van der Waals surface area contributed by atoms with Gasteiger partial charge in [-0.2, -0.15) is 13.2 Å². The molecule has 7 nitrogen and oxygen atoms in total. The Labute approximate surface area is 209 Å². The molecule has 1 aliphatic rings. The number of halogens is 3. The summed E-state index contributed by atoms with van der Waals surface area (Å²) in [6.07, 6.45) is -2.55. The second-order valence-electron chi connectivity index (χ2n) is 9.08. The molecule has 3 rings (SSSR count). The van der Waals surface area contributed by atoms with E-state index in [9.17, 15) is 26.4 Å². The summed E-state index contributed by atoms with van der Waals surface area (Å²) >= 11 is 0. The lowest BCUT2D eigenvalue weighted by Gasteiger charge is -2.20. The highest BCUT2D eigenvalue weighted by Crippen LogP contribution is 2.48. The maximum atomic E-state index is 12.9. The van der Waals surface area contributed by atoms with E-state index < -0.39 is 27.6 Å². The van der Waals surface area contributed by atoms with Gasteiger partial charge in [-0.15, -0.1) is 0 Å². The molecule has 0 bridgehead atoms. The number of carboxylic acid groups (broad SMARTS) is 1. The Morgan fingerprint density at radius 1 is 1.06 bits per heavy atom. The minimum atomic E-state index is -5.08. The summed E-state index contributed by atoms with van der Waals surface area (Å²) in [4.78, 5) is 21.9. The fraction of sp³-hybridized carbons (Fsp3) is 0.440. The predicted molar refractivity (Wildman–Crippen MR) is 130 cm³/mol. The standard InChI is InChI=1S/C23H30N2O3S.C2HF3O2/c1-6-18(5)24-22(26)23(11-12-23)19-7-9-20(10-8-19)25-29(27,28)21-16(3)13-15(2)14-17(21)4;3-2(4,5)1(6)7/h7-10,13-14,18,25H,6,11-12H2,1-5H3,(H,24,26);(H,6,7). The van der Waals surface area contributed by atoms with Gasteiger partial charge >= 0.3 is 12.1 Å². The number of aryl methyl sites for hydroxylation is 3. The van der Waals surface area contributed by atoms with Crippen LogP contribution >= 0.6 is 0 Å². The molecule has 1 amide bonds. The Morgan fingerprint density at radius 3 is 1.92 bits per heavy atom. The molecule has 11 heteroatoms. The van der Waals surface area contributed by atoms with E-state index in [0.717, 1.165) is 41.5 Å². The number of hydrogen-bond acceptors (Lipinski definition) is 4. The first-order valence-electron chi connectivity index (χ1n) is 11.4. The van der Waals surface area contributed by atoms with Gasteiger partial charge in [-0.05, 0) is 75.8 Å². The molecule has 1 saturated carbocycles. The quantitative estimate of drug-likeness (QED) is 0.469. The summed E-state index contributed by atoms with van der Waals surface area (Å²) < 4.78 is 60.3. The second kappa shape index (κ2) is 10.9. The van der Waals surface area contributed by atoms with Crippen LogP contribution in [0, 0.1) is 20.8 Å². The molecule has 0 heterocycles. The number of aliphatic carboxylic acids is 1. The number of carbonyl (C=O) groups is 2. The van der Waals surface area contributed by atoms with Crippen molar-refractivity contribution in [3.63, 3.8) is 0 Å². The first kappa shape index (κ1) is 29.2. The van der Waals surface area contributed by atoms with Crippen LogP contribution in [0.1, 0.15) is 55.4 Å². The molecular weight excluding hydrogens is 497 g/mol. The number of rotatable bonds is 7. The van der Waals surface area contributed by atoms with Crippen LogP contribution < -0.4 is 10.0 Å². The average Bonchev–Trinajstić information content (AvgIpc) is 3.54. The Bertz CT molecular complexity index is 1200. The normalized spacial score (nSPS) is 15.2. The molecule has 1 fully saturated rings. The number of alkyl halides is 3. The lowest BCUT2D eigenvalue weighted by atomic mass is 9.94. The predicted octanol–water partition coefficient (Wildman–Crippen LogP) is 4.99. The zero-order valence-corrected chi connectivity index (χ0v) is 21.6. The molecule has 0 aromatic heterocycles. The van der Waals surface area contributed by atoms with E-state index in [2.05, 4.69) is 10.0 Å². The van der Waals surface area contributed by atoms with Crippen LogP contribution in [0.25, 0.3) is 0 Å². The van der Waals surface area contributed by atoms with E-state index in [1.807, 2.05) is 58.9 Å². The lowest BCUT2D eigenvalue weighted by Crippen LogP contribution is -2.39. The number of sulfonamides is 1. The third-order valence-corrected chi connectivity index (χ3v) is 7.67. The van der Waals surface area contributed by atoms with Crippen LogP contribution in [-0.2, 0) is 25.0 Å². The topological polar surface area (TPSA) is 113 Å². The van der Waals surface area contributed by atoms with Crippen LogP contribution in [0.15, 0.2) is 41.3 Å². The van der Waals surface area contributed by atoms with Crippen molar-refractivity contribution in [2.24, 2.45) is 0 Å². The van der Waals surface area contributed by atoms with Crippen molar-refractivity contribution in [3.05, 3.63) is 58.7 Å². The van der Waals surface area contributed by atoms with Gasteiger partial charge in [0.05, 0.1) is 10.3 Å². The second-order valence-corrected chi connectivity index (χ2v) is 10.7. The molecule has 1 atom stereocenters. The number of amides is 1. The monoisotopic (exact) mass is 528 g/mol. The minimum absolute atomic E-state index is 0.0612. The molecule has 0 aliphatic heterocycles.